The molecule has 9 heteroatoms. The van der Waals surface area contributed by atoms with Crippen molar-refractivity contribution in [3.63, 3.8) is 0 Å². The highest BCUT2D eigenvalue weighted by Crippen LogP contribution is 2.23. The number of rotatable bonds is 8. The number of hydrogen-bond acceptors (Lipinski definition) is 4. The second kappa shape index (κ2) is 12.5. The first-order valence-corrected chi connectivity index (χ1v) is 12.2. The topological polar surface area (TPSA) is 82.7 Å². The molecule has 0 aromatic heterocycles. The van der Waals surface area contributed by atoms with Crippen molar-refractivity contribution in [3.05, 3.63) is 59.9 Å². The predicted octanol–water partition coefficient (Wildman–Crippen LogP) is 3.81. The lowest BCUT2D eigenvalue weighted by Crippen LogP contribution is -2.54. The van der Waals surface area contributed by atoms with Gasteiger partial charge in [0.2, 0.25) is 5.91 Å². The number of thiocarbonyl (C=S) groups is 1. The molecule has 0 radical (unpaired) electrons. The molecule has 1 aliphatic heterocycles. The van der Waals surface area contributed by atoms with Crippen LogP contribution in [0.2, 0.25) is 0 Å². The Morgan fingerprint density at radius 1 is 1.09 bits per heavy atom. The van der Waals surface area contributed by atoms with Gasteiger partial charge in [-0.3, -0.25) is 9.59 Å². The largest absolute Gasteiger partial charge is 0.497 e. The molecule has 1 atom stereocenters. The fourth-order valence-corrected chi connectivity index (χ4v) is 4.25. The van der Waals surface area contributed by atoms with Gasteiger partial charge in [-0.25, -0.2) is 4.39 Å². The number of carbonyl (C=O) groups is 2. The van der Waals surface area contributed by atoms with Crippen LogP contribution in [0.3, 0.4) is 0 Å². The lowest BCUT2D eigenvalue weighted by molar-refractivity contribution is -0.124. The SMILES string of the molecule is COc1ccc(C(=O)N[C@@H](C(=O)NCC(C)C)C2CCN(C(=S)Nc3ccc(F)cc3)CC2)cc1. The Morgan fingerprint density at radius 3 is 2.29 bits per heavy atom. The van der Waals surface area contributed by atoms with Gasteiger partial charge in [0.1, 0.15) is 17.6 Å². The average Bonchev–Trinajstić information content (AvgIpc) is 2.87. The van der Waals surface area contributed by atoms with Gasteiger partial charge in [0, 0.05) is 30.9 Å². The Balaban J connectivity index is 1.63. The van der Waals surface area contributed by atoms with E-state index >= 15 is 0 Å². The third kappa shape index (κ3) is 7.65. The van der Waals surface area contributed by atoms with Crippen LogP contribution in [-0.4, -0.2) is 54.6 Å². The zero-order valence-electron chi connectivity index (χ0n) is 20.3. The standard InChI is InChI=1S/C26H33FN4O3S/c1-17(2)16-28-25(33)23(30-24(32)19-4-10-22(34-3)11-5-19)18-12-14-31(15-13-18)26(35)29-21-8-6-20(27)7-9-21/h4-11,17-18,23H,12-16H2,1-3H3,(H,28,33)(H,29,35)(H,30,32)/t23-/m1/s1. The maximum absolute atomic E-state index is 13.2. The molecule has 0 bridgehead atoms. The molecule has 1 saturated heterocycles. The Hall–Kier alpha value is -3.20. The molecule has 1 aliphatic rings. The summed E-state index contributed by atoms with van der Waals surface area (Å²) in [6, 6.07) is 12.2. The summed E-state index contributed by atoms with van der Waals surface area (Å²) in [5.74, 6) is 0.147. The fourth-order valence-electron chi connectivity index (χ4n) is 3.95. The molecular formula is C26H33FN4O3S. The number of carbonyl (C=O) groups excluding carboxylic acids is 2. The van der Waals surface area contributed by atoms with E-state index in [2.05, 4.69) is 16.0 Å². The van der Waals surface area contributed by atoms with Gasteiger partial charge in [0.25, 0.3) is 5.91 Å². The first kappa shape index (κ1) is 26.4. The van der Waals surface area contributed by atoms with Crippen LogP contribution >= 0.6 is 12.2 Å². The Labute approximate surface area is 211 Å². The minimum absolute atomic E-state index is 0.0331. The number of halogens is 1. The summed E-state index contributed by atoms with van der Waals surface area (Å²) in [5, 5.41) is 9.62. The van der Waals surface area contributed by atoms with E-state index in [1.165, 1.54) is 12.1 Å². The fraction of sp³-hybridized carbons (Fsp3) is 0.423. The molecule has 188 valence electrons. The van der Waals surface area contributed by atoms with Crippen LogP contribution < -0.4 is 20.7 Å². The van der Waals surface area contributed by atoms with Crippen LogP contribution in [0.15, 0.2) is 48.5 Å². The molecule has 2 amide bonds. The molecule has 1 fully saturated rings. The van der Waals surface area contributed by atoms with E-state index in [1.54, 1.807) is 43.5 Å². The van der Waals surface area contributed by atoms with Gasteiger partial charge >= 0.3 is 0 Å². The quantitative estimate of drug-likeness (QED) is 0.478. The van der Waals surface area contributed by atoms with E-state index in [1.807, 2.05) is 18.7 Å². The third-order valence-electron chi connectivity index (χ3n) is 6.00. The normalized spacial score (nSPS) is 14.8. The lowest BCUT2D eigenvalue weighted by Gasteiger charge is -2.37. The molecule has 3 rings (SSSR count). The second-order valence-electron chi connectivity index (χ2n) is 9.08. The van der Waals surface area contributed by atoms with Gasteiger partial charge in [-0.1, -0.05) is 13.8 Å². The van der Waals surface area contributed by atoms with E-state index in [4.69, 9.17) is 17.0 Å². The van der Waals surface area contributed by atoms with Crippen LogP contribution in [-0.2, 0) is 4.79 Å². The molecular weight excluding hydrogens is 467 g/mol. The van der Waals surface area contributed by atoms with Crippen LogP contribution in [0.1, 0.15) is 37.0 Å². The number of anilines is 1. The number of nitrogens with zero attached hydrogens (tertiary/aromatic N) is 1. The number of methoxy groups -OCH3 is 1. The minimum Gasteiger partial charge on any atom is -0.497 e. The maximum Gasteiger partial charge on any atom is 0.251 e. The summed E-state index contributed by atoms with van der Waals surface area (Å²) in [6.45, 7) is 5.88. The minimum atomic E-state index is -0.649. The summed E-state index contributed by atoms with van der Waals surface area (Å²) >= 11 is 5.53. The van der Waals surface area contributed by atoms with Gasteiger partial charge in [0.15, 0.2) is 5.11 Å². The number of benzene rings is 2. The van der Waals surface area contributed by atoms with Gasteiger partial charge in [-0.15, -0.1) is 0 Å². The summed E-state index contributed by atoms with van der Waals surface area (Å²) in [6.07, 6.45) is 1.38. The van der Waals surface area contributed by atoms with Crippen LogP contribution in [0, 0.1) is 17.7 Å². The first-order valence-electron chi connectivity index (χ1n) is 11.8. The van der Waals surface area contributed by atoms with Crippen molar-refractivity contribution < 1.29 is 18.7 Å². The molecule has 7 nitrogen and oxygen atoms in total. The average molecular weight is 501 g/mol. The highest BCUT2D eigenvalue weighted by atomic mass is 32.1. The van der Waals surface area contributed by atoms with Crippen LogP contribution in [0.25, 0.3) is 0 Å². The number of ether oxygens (including phenoxy) is 1. The molecule has 35 heavy (non-hydrogen) atoms. The van der Waals surface area contributed by atoms with Gasteiger partial charge < -0.3 is 25.6 Å². The molecule has 0 spiro atoms. The predicted molar refractivity (Wildman–Crippen MR) is 139 cm³/mol. The van der Waals surface area contributed by atoms with Crippen molar-refractivity contribution in [3.8, 4) is 5.75 Å². The maximum atomic E-state index is 13.2. The van der Waals surface area contributed by atoms with E-state index < -0.39 is 6.04 Å². The Morgan fingerprint density at radius 2 is 1.71 bits per heavy atom. The first-order chi connectivity index (χ1) is 16.8. The van der Waals surface area contributed by atoms with Gasteiger partial charge in [-0.2, -0.15) is 0 Å². The smallest absolute Gasteiger partial charge is 0.251 e. The molecule has 0 aliphatic carbocycles. The monoisotopic (exact) mass is 500 g/mol. The molecule has 2 aromatic rings. The molecule has 0 unspecified atom stereocenters. The number of hydrogen-bond donors (Lipinski definition) is 3. The summed E-state index contributed by atoms with van der Waals surface area (Å²) in [4.78, 5) is 28.0. The van der Waals surface area contributed by atoms with Crippen LogP contribution in [0.5, 0.6) is 5.75 Å². The number of likely N-dealkylation sites (tertiary alicyclic amines) is 1. The van der Waals surface area contributed by atoms with Gasteiger partial charge in [-0.05, 0) is 85.4 Å². The van der Waals surface area contributed by atoms with Crippen LogP contribution in [0.4, 0.5) is 10.1 Å². The highest BCUT2D eigenvalue weighted by Gasteiger charge is 2.33. The summed E-state index contributed by atoms with van der Waals surface area (Å²) < 4.78 is 18.3. The lowest BCUT2D eigenvalue weighted by atomic mass is 9.88. The van der Waals surface area contributed by atoms with Crippen molar-refractivity contribution in [1.82, 2.24) is 15.5 Å². The molecule has 3 N–H and O–H groups in total. The summed E-state index contributed by atoms with van der Waals surface area (Å²) in [5.41, 5.74) is 1.19. The zero-order chi connectivity index (χ0) is 25.4. The second-order valence-corrected chi connectivity index (χ2v) is 9.47. The van der Waals surface area contributed by atoms with E-state index in [0.29, 0.717) is 54.8 Å². The van der Waals surface area contributed by atoms with Crippen molar-refractivity contribution in [2.45, 2.75) is 32.7 Å². The highest BCUT2D eigenvalue weighted by molar-refractivity contribution is 7.80. The Bertz CT molecular complexity index is 1010. The van der Waals surface area contributed by atoms with Crippen molar-refractivity contribution in [2.75, 3.05) is 32.1 Å². The number of piperidine rings is 1. The van der Waals surface area contributed by atoms with Crippen molar-refractivity contribution in [2.24, 2.45) is 11.8 Å². The van der Waals surface area contributed by atoms with Crippen molar-refractivity contribution in [1.29, 1.82) is 0 Å². The van der Waals surface area contributed by atoms with E-state index in [9.17, 15) is 14.0 Å². The van der Waals surface area contributed by atoms with Gasteiger partial charge in [0.05, 0.1) is 7.11 Å². The van der Waals surface area contributed by atoms with E-state index in [0.717, 1.165) is 5.69 Å². The molecule has 0 saturated carbocycles. The number of amides is 2. The number of nitrogens with one attached hydrogen (secondary N) is 3. The summed E-state index contributed by atoms with van der Waals surface area (Å²) in [7, 11) is 1.57. The van der Waals surface area contributed by atoms with E-state index in [-0.39, 0.29) is 23.5 Å². The third-order valence-corrected chi connectivity index (χ3v) is 6.36. The zero-order valence-corrected chi connectivity index (χ0v) is 21.2. The van der Waals surface area contributed by atoms with Crippen molar-refractivity contribution >= 4 is 34.8 Å². The molecule has 2 aromatic carbocycles. The Kier molecular flexibility index (Phi) is 9.42. The molecule has 1 heterocycles.